The number of thiazole rings is 1. The number of rotatable bonds is 10. The number of hydrogen-bond donors (Lipinski definition) is 0. The number of ether oxygens (including phenoxy) is 2. The van der Waals surface area contributed by atoms with Crippen LogP contribution in [0.25, 0.3) is 10.2 Å². The topological polar surface area (TPSA) is 73.1 Å². The van der Waals surface area contributed by atoms with Gasteiger partial charge < -0.3 is 18.9 Å². The molecule has 32 heavy (non-hydrogen) atoms. The number of likely N-dealkylation sites (tertiary alicyclic amines) is 1. The van der Waals surface area contributed by atoms with Crippen LogP contribution in [-0.2, 0) is 20.9 Å². The molecule has 0 radical (unpaired) electrons. The Balaban J connectivity index is 1.67. The van der Waals surface area contributed by atoms with Crippen molar-refractivity contribution in [1.82, 2.24) is 9.47 Å². The molecule has 1 fully saturated rings. The van der Waals surface area contributed by atoms with E-state index < -0.39 is 0 Å². The molecule has 1 aliphatic heterocycles. The zero-order chi connectivity index (χ0) is 22.9. The molecule has 0 saturated carbocycles. The molecule has 1 aliphatic rings. The summed E-state index contributed by atoms with van der Waals surface area (Å²) < 4.78 is 14.2. The van der Waals surface area contributed by atoms with Crippen molar-refractivity contribution in [2.45, 2.75) is 40.2 Å². The third-order valence-electron chi connectivity index (χ3n) is 5.44. The maximum absolute atomic E-state index is 12.6. The summed E-state index contributed by atoms with van der Waals surface area (Å²) in [6.07, 6.45) is 2.12. The zero-order valence-electron chi connectivity index (χ0n) is 19.2. The minimum absolute atomic E-state index is 0.117. The van der Waals surface area contributed by atoms with Crippen molar-refractivity contribution < 1.29 is 19.1 Å². The second kappa shape index (κ2) is 12.4. The van der Waals surface area contributed by atoms with Crippen molar-refractivity contribution in [2.75, 3.05) is 44.4 Å². The molecule has 3 rings (SSSR count). The number of thioether (sulfide) groups is 1. The van der Waals surface area contributed by atoms with E-state index in [1.807, 2.05) is 41.5 Å². The van der Waals surface area contributed by atoms with Crippen LogP contribution < -0.4 is 9.54 Å². The van der Waals surface area contributed by atoms with E-state index in [4.69, 9.17) is 9.47 Å². The van der Waals surface area contributed by atoms with Crippen LogP contribution in [0.5, 0.6) is 5.75 Å². The molecular weight excluding hydrogens is 446 g/mol. The Hall–Kier alpha value is -1.84. The molecule has 0 atom stereocenters. The van der Waals surface area contributed by atoms with Gasteiger partial charge in [-0.1, -0.05) is 18.3 Å². The lowest BCUT2D eigenvalue weighted by atomic mass is 9.99. The highest BCUT2D eigenvalue weighted by Gasteiger charge is 2.20. The first kappa shape index (κ1) is 24.8. The fraction of sp³-hybridized carbons (Fsp3) is 0.609. The number of carbonyl (C=O) groups excluding carboxylic acids is 2. The van der Waals surface area contributed by atoms with Gasteiger partial charge in [0, 0.05) is 26.2 Å². The van der Waals surface area contributed by atoms with Crippen LogP contribution in [0.1, 0.15) is 33.6 Å². The summed E-state index contributed by atoms with van der Waals surface area (Å²) >= 11 is 2.81. The molecule has 0 spiro atoms. The number of carbonyl (C=O) groups is 2. The Kier molecular flexibility index (Phi) is 9.62. The van der Waals surface area contributed by atoms with Crippen molar-refractivity contribution in [2.24, 2.45) is 10.9 Å². The second-order valence-electron chi connectivity index (χ2n) is 7.86. The van der Waals surface area contributed by atoms with E-state index in [-0.39, 0.29) is 17.6 Å². The monoisotopic (exact) mass is 479 g/mol. The van der Waals surface area contributed by atoms with Gasteiger partial charge in [0.05, 0.1) is 34.9 Å². The van der Waals surface area contributed by atoms with Crippen molar-refractivity contribution in [3.63, 3.8) is 0 Å². The summed E-state index contributed by atoms with van der Waals surface area (Å²) in [5.41, 5.74) is 1.01. The lowest BCUT2D eigenvalue weighted by molar-refractivity contribution is -0.129. The molecule has 0 aliphatic carbocycles. The normalized spacial score (nSPS) is 15.5. The third-order valence-corrected chi connectivity index (χ3v) is 7.38. The molecule has 0 unspecified atom stereocenters. The van der Waals surface area contributed by atoms with E-state index in [0.29, 0.717) is 42.8 Å². The average molecular weight is 480 g/mol. The predicted octanol–water partition coefficient (Wildman–Crippen LogP) is 3.56. The zero-order valence-corrected chi connectivity index (χ0v) is 20.8. The summed E-state index contributed by atoms with van der Waals surface area (Å²) in [4.78, 5) is 31.9. The minimum atomic E-state index is -0.225. The van der Waals surface area contributed by atoms with Crippen LogP contribution in [0.2, 0.25) is 0 Å². The summed E-state index contributed by atoms with van der Waals surface area (Å²) in [5.74, 6) is 1.90. The molecule has 9 heteroatoms. The fourth-order valence-corrected chi connectivity index (χ4v) is 5.43. The first-order valence-corrected chi connectivity index (χ1v) is 13.3. The molecular formula is C23H33N3O4S2. The summed E-state index contributed by atoms with van der Waals surface area (Å²) in [6, 6.07) is 5.92. The standard InChI is InChI=1S/C23H33N3O4S2/c1-4-29-13-12-26-19-7-6-18(30-5-2)14-20(19)32-23(26)24-21(27)15-31-16-22(28)25-10-8-17(3)9-11-25/h6-7,14,17H,4-5,8-13,15-16H2,1-3H3. The number of aromatic nitrogens is 1. The molecule has 176 valence electrons. The van der Waals surface area contributed by atoms with E-state index in [9.17, 15) is 9.59 Å². The lowest BCUT2D eigenvalue weighted by Gasteiger charge is -2.30. The smallest absolute Gasteiger partial charge is 0.258 e. The van der Waals surface area contributed by atoms with E-state index in [0.717, 1.165) is 41.9 Å². The van der Waals surface area contributed by atoms with Gasteiger partial charge in [0.15, 0.2) is 4.80 Å². The number of amides is 2. The van der Waals surface area contributed by atoms with Gasteiger partial charge in [-0.15, -0.1) is 11.8 Å². The molecule has 0 bridgehead atoms. The van der Waals surface area contributed by atoms with E-state index >= 15 is 0 Å². The predicted molar refractivity (Wildman–Crippen MR) is 130 cm³/mol. The Bertz CT molecular complexity index is 977. The van der Waals surface area contributed by atoms with Crippen LogP contribution in [0.3, 0.4) is 0 Å². The van der Waals surface area contributed by atoms with Crippen LogP contribution in [0.4, 0.5) is 0 Å². The second-order valence-corrected chi connectivity index (χ2v) is 9.85. The SMILES string of the molecule is CCOCCn1c(=NC(=O)CSCC(=O)N2CCC(C)CC2)sc2cc(OCC)ccc21. The highest BCUT2D eigenvalue weighted by Crippen LogP contribution is 2.23. The van der Waals surface area contributed by atoms with Gasteiger partial charge in [-0.05, 0) is 50.8 Å². The highest BCUT2D eigenvalue weighted by molar-refractivity contribution is 8.00. The van der Waals surface area contributed by atoms with Crippen LogP contribution in [0.15, 0.2) is 23.2 Å². The molecule has 1 aromatic carbocycles. The van der Waals surface area contributed by atoms with Crippen molar-refractivity contribution in [1.29, 1.82) is 0 Å². The average Bonchev–Trinajstić information content (AvgIpc) is 3.10. The minimum Gasteiger partial charge on any atom is -0.494 e. The molecule has 1 aromatic heterocycles. The van der Waals surface area contributed by atoms with Crippen molar-refractivity contribution >= 4 is 45.1 Å². The molecule has 2 amide bonds. The van der Waals surface area contributed by atoms with Crippen molar-refractivity contribution in [3.05, 3.63) is 23.0 Å². The first-order chi connectivity index (χ1) is 15.5. The van der Waals surface area contributed by atoms with Gasteiger partial charge in [0.1, 0.15) is 5.75 Å². The summed E-state index contributed by atoms with van der Waals surface area (Å²) in [7, 11) is 0. The van der Waals surface area contributed by atoms with Crippen molar-refractivity contribution in [3.8, 4) is 5.75 Å². The Labute approximate surface area is 197 Å². The van der Waals surface area contributed by atoms with Gasteiger partial charge in [0.2, 0.25) is 5.91 Å². The fourth-order valence-electron chi connectivity index (χ4n) is 3.63. The molecule has 2 heterocycles. The number of fused-ring (bicyclic) bond motifs is 1. The van der Waals surface area contributed by atoms with Gasteiger partial charge in [-0.25, -0.2) is 0 Å². The maximum atomic E-state index is 12.6. The van der Waals surface area contributed by atoms with Crippen LogP contribution in [-0.4, -0.2) is 65.7 Å². The Morgan fingerprint density at radius 3 is 2.69 bits per heavy atom. The maximum Gasteiger partial charge on any atom is 0.258 e. The van der Waals surface area contributed by atoms with Gasteiger partial charge in [0.25, 0.3) is 5.91 Å². The molecule has 1 saturated heterocycles. The molecule has 2 aromatic rings. The van der Waals surface area contributed by atoms with Gasteiger partial charge in [-0.3, -0.25) is 9.59 Å². The lowest BCUT2D eigenvalue weighted by Crippen LogP contribution is -2.39. The van der Waals surface area contributed by atoms with E-state index in [1.165, 1.54) is 23.1 Å². The summed E-state index contributed by atoms with van der Waals surface area (Å²) in [6.45, 7) is 10.2. The van der Waals surface area contributed by atoms with E-state index in [2.05, 4.69) is 11.9 Å². The first-order valence-electron chi connectivity index (χ1n) is 11.3. The van der Waals surface area contributed by atoms with Crippen LogP contribution >= 0.6 is 23.1 Å². The van der Waals surface area contributed by atoms with Gasteiger partial charge in [-0.2, -0.15) is 4.99 Å². The highest BCUT2D eigenvalue weighted by atomic mass is 32.2. The number of hydrogen-bond acceptors (Lipinski definition) is 6. The summed E-state index contributed by atoms with van der Waals surface area (Å²) in [5, 5.41) is 0. The largest absolute Gasteiger partial charge is 0.494 e. The van der Waals surface area contributed by atoms with E-state index in [1.54, 1.807) is 0 Å². The quantitative estimate of drug-likeness (QED) is 0.487. The number of benzene rings is 1. The van der Waals surface area contributed by atoms with Gasteiger partial charge >= 0.3 is 0 Å². The Morgan fingerprint density at radius 1 is 1.19 bits per heavy atom. The van der Waals surface area contributed by atoms with Crippen LogP contribution in [0, 0.1) is 5.92 Å². The molecule has 0 N–H and O–H groups in total. The number of nitrogens with zero attached hydrogens (tertiary/aromatic N) is 3. The number of piperidine rings is 1. The molecule has 7 nitrogen and oxygen atoms in total. The third kappa shape index (κ3) is 6.83. The Morgan fingerprint density at radius 2 is 1.97 bits per heavy atom.